The maximum atomic E-state index is 13.7. The van der Waals surface area contributed by atoms with Gasteiger partial charge in [-0.15, -0.1) is 0 Å². The number of hydrogen-bond donors (Lipinski definition) is 1. The number of hydrogen-bond acceptors (Lipinski definition) is 3. The number of nitrogens with one attached hydrogen (secondary N) is 1. The van der Waals surface area contributed by atoms with Crippen LogP contribution in [0.25, 0.3) is 6.08 Å². The number of ether oxygens (including phenoxy) is 1. The lowest BCUT2D eigenvalue weighted by molar-refractivity contribution is -0.112. The lowest BCUT2D eigenvalue weighted by atomic mass is 10.1. The summed E-state index contributed by atoms with van der Waals surface area (Å²) in [5.41, 5.74) is -0.507. The van der Waals surface area contributed by atoms with Gasteiger partial charge in [-0.3, -0.25) is 4.79 Å². The van der Waals surface area contributed by atoms with E-state index in [0.717, 1.165) is 18.2 Å². The van der Waals surface area contributed by atoms with Gasteiger partial charge in [0.1, 0.15) is 29.0 Å². The van der Waals surface area contributed by atoms with Crippen molar-refractivity contribution < 1.29 is 18.3 Å². The molecule has 0 unspecified atom stereocenters. The van der Waals surface area contributed by atoms with Gasteiger partial charge in [-0.25, -0.2) is 8.78 Å². The third-order valence-electron chi connectivity index (χ3n) is 3.09. The van der Waals surface area contributed by atoms with Crippen molar-refractivity contribution in [3.63, 3.8) is 0 Å². The minimum Gasteiger partial charge on any atom is -0.492 e. The van der Waals surface area contributed by atoms with Gasteiger partial charge in [-0.2, -0.15) is 5.26 Å². The summed E-state index contributed by atoms with van der Waals surface area (Å²) < 4.78 is 32.7. The van der Waals surface area contributed by atoms with Crippen molar-refractivity contribution in [1.29, 1.82) is 5.26 Å². The standard InChI is InChI=1S/C18H14F2N2O2/c1-2-24-17-9-4-3-8-16(17)22-18(23)12(11-21)10-13-14(19)6-5-7-15(13)20/h3-10H,2H2,1H3,(H,22,23). The molecule has 0 aliphatic rings. The number of halogens is 2. The van der Waals surface area contributed by atoms with Crippen molar-refractivity contribution in [3.05, 3.63) is 65.2 Å². The highest BCUT2D eigenvalue weighted by Gasteiger charge is 2.15. The lowest BCUT2D eigenvalue weighted by Gasteiger charge is -2.10. The van der Waals surface area contributed by atoms with Crippen LogP contribution in [0.4, 0.5) is 14.5 Å². The Labute approximate surface area is 138 Å². The quantitative estimate of drug-likeness (QED) is 0.668. The second-order valence-corrected chi connectivity index (χ2v) is 4.69. The maximum Gasteiger partial charge on any atom is 0.266 e. The third-order valence-corrected chi connectivity index (χ3v) is 3.09. The Kier molecular flexibility index (Phi) is 5.63. The summed E-state index contributed by atoms with van der Waals surface area (Å²) in [5, 5.41) is 11.6. The van der Waals surface area contributed by atoms with Crippen LogP contribution in [0.1, 0.15) is 12.5 Å². The molecule has 1 N–H and O–H groups in total. The van der Waals surface area contributed by atoms with E-state index >= 15 is 0 Å². The Morgan fingerprint density at radius 1 is 1.21 bits per heavy atom. The predicted octanol–water partition coefficient (Wildman–Crippen LogP) is 3.91. The number of amides is 1. The molecule has 6 heteroatoms. The Morgan fingerprint density at radius 2 is 1.88 bits per heavy atom. The highest BCUT2D eigenvalue weighted by molar-refractivity contribution is 6.10. The molecule has 0 atom stereocenters. The second kappa shape index (κ2) is 7.88. The van der Waals surface area contributed by atoms with Crippen LogP contribution >= 0.6 is 0 Å². The molecule has 0 fully saturated rings. The van der Waals surface area contributed by atoms with Gasteiger partial charge in [0.25, 0.3) is 5.91 Å². The number of rotatable bonds is 5. The topological polar surface area (TPSA) is 62.1 Å². The molecule has 0 aliphatic carbocycles. The summed E-state index contributed by atoms with van der Waals surface area (Å²) in [6.45, 7) is 2.19. The van der Waals surface area contributed by atoms with Gasteiger partial charge in [-0.1, -0.05) is 18.2 Å². The first kappa shape index (κ1) is 17.2. The number of para-hydroxylation sites is 2. The first-order valence-electron chi connectivity index (χ1n) is 7.15. The fourth-order valence-corrected chi connectivity index (χ4v) is 1.98. The van der Waals surface area contributed by atoms with E-state index in [0.29, 0.717) is 18.0 Å². The minimum absolute atomic E-state index is 0.361. The average Bonchev–Trinajstić information content (AvgIpc) is 2.56. The summed E-state index contributed by atoms with van der Waals surface area (Å²) in [6.07, 6.45) is 0.878. The van der Waals surface area contributed by atoms with Crippen LogP contribution in [-0.4, -0.2) is 12.5 Å². The zero-order chi connectivity index (χ0) is 17.5. The number of carbonyl (C=O) groups excluding carboxylic acids is 1. The predicted molar refractivity (Wildman–Crippen MR) is 86.2 cm³/mol. The van der Waals surface area contributed by atoms with Gasteiger partial charge < -0.3 is 10.1 Å². The van der Waals surface area contributed by atoms with E-state index in [4.69, 9.17) is 10.00 Å². The fraction of sp³-hybridized carbons (Fsp3) is 0.111. The van der Waals surface area contributed by atoms with Crippen LogP contribution in [0.2, 0.25) is 0 Å². The molecule has 0 spiro atoms. The molecule has 0 saturated heterocycles. The summed E-state index contributed by atoms with van der Waals surface area (Å²) >= 11 is 0. The number of nitrogens with zero attached hydrogens (tertiary/aromatic N) is 1. The molecule has 2 rings (SSSR count). The molecule has 0 aliphatic heterocycles. The molecule has 0 radical (unpaired) electrons. The van der Waals surface area contributed by atoms with Crippen LogP contribution in [0.15, 0.2) is 48.0 Å². The molecule has 2 aromatic rings. The van der Waals surface area contributed by atoms with Gasteiger partial charge in [0.2, 0.25) is 0 Å². The fourth-order valence-electron chi connectivity index (χ4n) is 1.98. The first-order chi connectivity index (χ1) is 11.6. The van der Waals surface area contributed by atoms with Crippen LogP contribution < -0.4 is 10.1 Å². The van der Waals surface area contributed by atoms with E-state index < -0.39 is 28.7 Å². The molecule has 24 heavy (non-hydrogen) atoms. The van der Waals surface area contributed by atoms with Gasteiger partial charge in [0.15, 0.2) is 0 Å². The summed E-state index contributed by atoms with van der Waals surface area (Å²) in [5.74, 6) is -2.06. The second-order valence-electron chi connectivity index (χ2n) is 4.69. The molecule has 0 saturated carbocycles. The molecular weight excluding hydrogens is 314 g/mol. The van der Waals surface area contributed by atoms with Crippen molar-refractivity contribution in [3.8, 4) is 11.8 Å². The molecule has 0 aromatic heterocycles. The maximum absolute atomic E-state index is 13.7. The van der Waals surface area contributed by atoms with Gasteiger partial charge in [0.05, 0.1) is 12.3 Å². The van der Waals surface area contributed by atoms with E-state index in [-0.39, 0.29) is 0 Å². The highest BCUT2D eigenvalue weighted by Crippen LogP contribution is 2.24. The van der Waals surface area contributed by atoms with Crippen LogP contribution in [-0.2, 0) is 4.79 Å². The van der Waals surface area contributed by atoms with Crippen molar-refractivity contribution >= 4 is 17.7 Å². The summed E-state index contributed by atoms with van der Waals surface area (Å²) in [7, 11) is 0. The Morgan fingerprint density at radius 3 is 2.50 bits per heavy atom. The number of benzene rings is 2. The number of nitriles is 1. The molecule has 122 valence electrons. The van der Waals surface area contributed by atoms with Crippen LogP contribution in [0.5, 0.6) is 5.75 Å². The SMILES string of the molecule is CCOc1ccccc1NC(=O)C(C#N)=Cc1c(F)cccc1F. The average molecular weight is 328 g/mol. The normalized spacial score (nSPS) is 10.8. The zero-order valence-corrected chi connectivity index (χ0v) is 12.8. The van der Waals surface area contributed by atoms with Crippen LogP contribution in [0.3, 0.4) is 0 Å². The van der Waals surface area contributed by atoms with E-state index in [1.807, 2.05) is 0 Å². The van der Waals surface area contributed by atoms with Crippen LogP contribution in [0, 0.1) is 23.0 Å². The smallest absolute Gasteiger partial charge is 0.266 e. The summed E-state index contributed by atoms with van der Waals surface area (Å²) in [6, 6.07) is 11.6. The molecule has 4 nitrogen and oxygen atoms in total. The van der Waals surface area contributed by atoms with Crippen molar-refractivity contribution in [2.24, 2.45) is 0 Å². The third kappa shape index (κ3) is 3.96. The highest BCUT2D eigenvalue weighted by atomic mass is 19.1. The molecule has 0 bridgehead atoms. The van der Waals surface area contributed by atoms with E-state index in [2.05, 4.69) is 5.32 Å². The van der Waals surface area contributed by atoms with Crippen molar-refractivity contribution in [2.45, 2.75) is 6.92 Å². The van der Waals surface area contributed by atoms with E-state index in [1.54, 1.807) is 37.3 Å². The summed E-state index contributed by atoms with van der Waals surface area (Å²) in [4.78, 5) is 12.2. The lowest BCUT2D eigenvalue weighted by Crippen LogP contribution is -2.14. The van der Waals surface area contributed by atoms with Gasteiger partial charge in [0, 0.05) is 5.56 Å². The van der Waals surface area contributed by atoms with Crippen molar-refractivity contribution in [1.82, 2.24) is 0 Å². The number of anilines is 1. The zero-order valence-electron chi connectivity index (χ0n) is 12.8. The number of carbonyl (C=O) groups is 1. The van der Waals surface area contributed by atoms with Gasteiger partial charge in [-0.05, 0) is 37.3 Å². The van der Waals surface area contributed by atoms with E-state index in [9.17, 15) is 13.6 Å². The minimum atomic E-state index is -0.856. The largest absolute Gasteiger partial charge is 0.492 e. The molecule has 2 aromatic carbocycles. The van der Waals surface area contributed by atoms with Crippen molar-refractivity contribution in [2.75, 3.05) is 11.9 Å². The van der Waals surface area contributed by atoms with E-state index in [1.165, 1.54) is 6.07 Å². The monoisotopic (exact) mass is 328 g/mol. The van der Waals surface area contributed by atoms with Gasteiger partial charge >= 0.3 is 0 Å². The Hall–Kier alpha value is -3.20. The Balaban J connectivity index is 2.31. The first-order valence-corrected chi connectivity index (χ1v) is 7.15. The Bertz CT molecular complexity index is 806. The molecule has 0 heterocycles. The molecular formula is C18H14F2N2O2. The molecule has 1 amide bonds.